The number of hydrogen-bond donors (Lipinski definition) is 2. The second-order valence-electron chi connectivity index (χ2n) is 8.08. The van der Waals surface area contributed by atoms with Gasteiger partial charge in [-0.2, -0.15) is 5.10 Å². The quantitative estimate of drug-likeness (QED) is 0.461. The molecule has 0 saturated heterocycles. The lowest BCUT2D eigenvalue weighted by Gasteiger charge is -2.08. The molecule has 1 saturated carbocycles. The van der Waals surface area contributed by atoms with E-state index < -0.39 is 0 Å². The summed E-state index contributed by atoms with van der Waals surface area (Å²) in [6, 6.07) is 7.54. The van der Waals surface area contributed by atoms with Crippen LogP contribution in [0.5, 0.6) is 0 Å². The Morgan fingerprint density at radius 1 is 1.21 bits per heavy atom. The number of pyridine rings is 2. The number of amides is 1. The topological polar surface area (TPSA) is 111 Å². The molecular weight excluding hydrogens is 416 g/mol. The van der Waals surface area contributed by atoms with E-state index >= 15 is 0 Å². The average molecular weight is 438 g/mol. The molecule has 0 spiro atoms. The Hall–Kier alpha value is -4.32. The summed E-state index contributed by atoms with van der Waals surface area (Å²) in [4.78, 5) is 21.2. The van der Waals surface area contributed by atoms with Crippen LogP contribution in [0.4, 0.5) is 11.6 Å². The third-order valence-corrected chi connectivity index (χ3v) is 5.62. The number of carbonyl (C=O) groups is 1. The monoisotopic (exact) mass is 438 g/mol. The fraction of sp³-hybridized carbons (Fsp3) is 0.250. The van der Waals surface area contributed by atoms with Gasteiger partial charge in [-0.1, -0.05) is 18.9 Å². The van der Waals surface area contributed by atoms with E-state index in [9.17, 15) is 4.79 Å². The van der Waals surface area contributed by atoms with E-state index in [0.29, 0.717) is 40.9 Å². The van der Waals surface area contributed by atoms with Crippen LogP contribution in [-0.4, -0.2) is 42.9 Å². The van der Waals surface area contributed by atoms with E-state index in [1.165, 1.54) is 0 Å². The number of nitrogens with one attached hydrogen (secondary N) is 2. The molecule has 0 radical (unpaired) electrons. The Bertz CT molecular complexity index is 1370. The summed E-state index contributed by atoms with van der Waals surface area (Å²) in [5, 5.41) is 19.3. The normalized spacial score (nSPS) is 16.7. The van der Waals surface area contributed by atoms with Gasteiger partial charge in [0, 0.05) is 43.1 Å². The zero-order chi connectivity index (χ0) is 22.8. The molecule has 0 unspecified atom stereocenters. The highest BCUT2D eigenvalue weighted by Crippen LogP contribution is 2.38. The van der Waals surface area contributed by atoms with Gasteiger partial charge in [-0.05, 0) is 42.0 Å². The summed E-state index contributed by atoms with van der Waals surface area (Å²) in [5.41, 5.74) is 2.94. The summed E-state index contributed by atoms with van der Waals surface area (Å²) in [7, 11) is 1.77. The molecule has 4 heterocycles. The minimum absolute atomic E-state index is 0.0221. The lowest BCUT2D eigenvalue weighted by molar-refractivity contribution is -0.117. The van der Waals surface area contributed by atoms with E-state index in [2.05, 4.69) is 54.7 Å². The molecule has 0 aliphatic heterocycles. The van der Waals surface area contributed by atoms with Gasteiger partial charge >= 0.3 is 0 Å². The second kappa shape index (κ2) is 8.67. The molecule has 5 rings (SSSR count). The molecule has 4 aromatic heterocycles. The van der Waals surface area contributed by atoms with E-state index in [1.807, 2.05) is 29.1 Å². The molecule has 9 heteroatoms. The first kappa shape index (κ1) is 20.6. The summed E-state index contributed by atoms with van der Waals surface area (Å²) >= 11 is 0. The van der Waals surface area contributed by atoms with Crippen LogP contribution in [0.15, 0.2) is 49.1 Å². The smallest absolute Gasteiger partial charge is 0.228 e. The Morgan fingerprint density at radius 3 is 2.79 bits per heavy atom. The van der Waals surface area contributed by atoms with Crippen LogP contribution in [0.25, 0.3) is 10.9 Å². The minimum Gasteiger partial charge on any atom is -0.371 e. The molecule has 4 aromatic rings. The van der Waals surface area contributed by atoms with Crippen molar-refractivity contribution in [3.05, 3.63) is 65.9 Å². The first-order valence-corrected chi connectivity index (χ1v) is 10.7. The summed E-state index contributed by atoms with van der Waals surface area (Å²) < 4.78 is 1.84. The molecule has 2 atom stereocenters. The van der Waals surface area contributed by atoms with Gasteiger partial charge < -0.3 is 10.6 Å². The molecule has 164 valence electrons. The first-order valence-electron chi connectivity index (χ1n) is 10.7. The molecule has 1 aliphatic carbocycles. The lowest BCUT2D eigenvalue weighted by Crippen LogP contribution is -2.16. The highest BCUT2D eigenvalue weighted by molar-refractivity contribution is 5.97. The van der Waals surface area contributed by atoms with Gasteiger partial charge in [-0.3, -0.25) is 9.48 Å². The van der Waals surface area contributed by atoms with Crippen LogP contribution in [0.3, 0.4) is 0 Å². The maximum absolute atomic E-state index is 12.3. The molecule has 9 nitrogen and oxygen atoms in total. The molecule has 1 aliphatic rings. The van der Waals surface area contributed by atoms with E-state index in [-0.39, 0.29) is 11.8 Å². The Balaban J connectivity index is 1.42. The van der Waals surface area contributed by atoms with Crippen molar-refractivity contribution in [1.29, 1.82) is 0 Å². The molecule has 0 bridgehead atoms. The Kier molecular flexibility index (Phi) is 5.40. The van der Waals surface area contributed by atoms with Crippen molar-refractivity contribution >= 4 is 28.4 Å². The van der Waals surface area contributed by atoms with Crippen LogP contribution in [0.1, 0.15) is 30.2 Å². The predicted molar refractivity (Wildman–Crippen MR) is 124 cm³/mol. The van der Waals surface area contributed by atoms with E-state index in [4.69, 9.17) is 0 Å². The first-order chi connectivity index (χ1) is 16.1. The zero-order valence-corrected chi connectivity index (χ0v) is 18.3. The van der Waals surface area contributed by atoms with Gasteiger partial charge in [0.25, 0.3) is 0 Å². The lowest BCUT2D eigenvalue weighted by atomic mass is 10.1. The molecule has 1 fully saturated rings. The van der Waals surface area contributed by atoms with Crippen molar-refractivity contribution in [3.8, 4) is 11.8 Å². The molecule has 1 amide bonds. The molecule has 0 aromatic carbocycles. The van der Waals surface area contributed by atoms with E-state index in [1.54, 1.807) is 31.7 Å². The van der Waals surface area contributed by atoms with Crippen molar-refractivity contribution in [3.63, 3.8) is 0 Å². The highest BCUT2D eigenvalue weighted by atomic mass is 16.2. The van der Waals surface area contributed by atoms with E-state index in [0.717, 1.165) is 17.4 Å². The minimum atomic E-state index is -0.0221. The third-order valence-electron chi connectivity index (χ3n) is 5.62. The van der Waals surface area contributed by atoms with Crippen LogP contribution < -0.4 is 10.6 Å². The Labute approximate surface area is 190 Å². The number of carbonyl (C=O) groups excluding carboxylic acids is 1. The number of nitrogens with zero attached hydrogens (tertiary/aromatic N) is 6. The summed E-state index contributed by atoms with van der Waals surface area (Å²) in [6.45, 7) is 2.72. The maximum Gasteiger partial charge on any atom is 0.228 e. The molecule has 33 heavy (non-hydrogen) atoms. The fourth-order valence-electron chi connectivity index (χ4n) is 3.59. The van der Waals surface area contributed by atoms with Gasteiger partial charge in [0.05, 0.1) is 12.1 Å². The Morgan fingerprint density at radius 2 is 2.09 bits per heavy atom. The predicted octanol–water partition coefficient (Wildman–Crippen LogP) is 2.70. The highest BCUT2D eigenvalue weighted by Gasteiger charge is 2.39. The number of hydrogen-bond acceptors (Lipinski definition) is 7. The largest absolute Gasteiger partial charge is 0.371 e. The fourth-order valence-corrected chi connectivity index (χ4v) is 3.59. The average Bonchev–Trinajstić information content (AvgIpc) is 3.34. The van der Waals surface area contributed by atoms with Gasteiger partial charge in [0.1, 0.15) is 11.2 Å². The van der Waals surface area contributed by atoms with Crippen molar-refractivity contribution in [2.24, 2.45) is 11.8 Å². The van der Waals surface area contributed by atoms with Crippen LogP contribution in [0.2, 0.25) is 0 Å². The van der Waals surface area contributed by atoms with Crippen molar-refractivity contribution in [1.82, 2.24) is 29.9 Å². The van der Waals surface area contributed by atoms with Crippen LogP contribution in [0, 0.1) is 23.7 Å². The molecule has 2 N–H and O–H groups in total. The van der Waals surface area contributed by atoms with Crippen molar-refractivity contribution in [2.45, 2.75) is 19.9 Å². The van der Waals surface area contributed by atoms with Gasteiger partial charge in [0.15, 0.2) is 11.6 Å². The number of aromatic nitrogens is 6. The van der Waals surface area contributed by atoms with Crippen LogP contribution in [-0.2, 0) is 11.3 Å². The number of anilines is 2. The SMILES string of the molecule is CNc1ncc(C#Cc2ccc(Cn3cccn3)cn2)c2cc(NC(=O)[C@H]3C[C@H]3C)nnc12. The maximum atomic E-state index is 12.3. The van der Waals surface area contributed by atoms with Gasteiger partial charge in [-0.15, -0.1) is 10.2 Å². The summed E-state index contributed by atoms with van der Waals surface area (Å²) in [6.07, 6.45) is 8.04. The second-order valence-corrected chi connectivity index (χ2v) is 8.08. The van der Waals surface area contributed by atoms with Gasteiger partial charge in [0.2, 0.25) is 5.91 Å². The van der Waals surface area contributed by atoms with Crippen molar-refractivity contribution < 1.29 is 4.79 Å². The number of rotatable bonds is 5. The third kappa shape index (κ3) is 4.50. The number of fused-ring (bicyclic) bond motifs is 1. The standard InChI is InChI=1S/C24H22N8O/c1-15-10-19(15)24(33)29-21-11-20-17(13-27-23(25-2)22(20)31-30-21)5-7-18-6-4-16(12-26-18)14-32-9-3-8-28-32/h3-4,6,8-9,11-13,15,19H,10,14H2,1-2H3,(H,25,27)(H,29,30,33)/t15-,19+/m1/s1. The summed E-state index contributed by atoms with van der Waals surface area (Å²) in [5.74, 6) is 7.68. The van der Waals surface area contributed by atoms with Crippen LogP contribution >= 0.6 is 0 Å². The molecular formula is C24H22N8O. The van der Waals surface area contributed by atoms with Crippen molar-refractivity contribution in [2.75, 3.05) is 17.7 Å². The van der Waals surface area contributed by atoms with Gasteiger partial charge in [-0.25, -0.2) is 9.97 Å². The zero-order valence-electron chi connectivity index (χ0n) is 18.3.